The molecule has 0 saturated heterocycles. The smallest absolute Gasteiger partial charge is 0.270 e. The van der Waals surface area contributed by atoms with E-state index < -0.39 is 4.92 Å². The molecule has 0 saturated carbocycles. The van der Waals surface area contributed by atoms with E-state index in [1.54, 1.807) is 6.07 Å². The second kappa shape index (κ2) is 6.86. The third kappa shape index (κ3) is 3.93. The molecule has 0 radical (unpaired) electrons. The van der Waals surface area contributed by atoms with Crippen LogP contribution in [0.3, 0.4) is 0 Å². The van der Waals surface area contributed by atoms with E-state index in [0.29, 0.717) is 11.3 Å². The largest absolute Gasteiger partial charge is 0.398 e. The van der Waals surface area contributed by atoms with Gasteiger partial charge >= 0.3 is 0 Å². The number of non-ortho nitro benzene ring substituents is 1. The monoisotopic (exact) mass is 275 g/mol. The fraction of sp³-hybridized carbons (Fsp3) is 0.333. The van der Waals surface area contributed by atoms with Gasteiger partial charge in [0.15, 0.2) is 0 Å². The second-order valence-electron chi connectivity index (χ2n) is 4.85. The van der Waals surface area contributed by atoms with Gasteiger partial charge in [0.2, 0.25) is 0 Å². The number of nitrogens with zero attached hydrogens (tertiary/aromatic N) is 2. The number of allylic oxidation sites excluding steroid dienone is 2. The van der Waals surface area contributed by atoms with Gasteiger partial charge in [-0.25, -0.2) is 0 Å². The molecule has 5 heteroatoms. The van der Waals surface area contributed by atoms with Crippen LogP contribution in [0.15, 0.2) is 36.4 Å². The van der Waals surface area contributed by atoms with E-state index in [-0.39, 0.29) is 5.69 Å². The van der Waals surface area contributed by atoms with Crippen molar-refractivity contribution in [2.75, 3.05) is 26.4 Å². The number of hydrogen-bond donors (Lipinski definition) is 1. The molecule has 108 valence electrons. The van der Waals surface area contributed by atoms with Gasteiger partial charge in [0.1, 0.15) is 0 Å². The number of nitrogens with two attached hydrogens (primary N) is 1. The van der Waals surface area contributed by atoms with E-state index in [0.717, 1.165) is 24.1 Å². The Morgan fingerprint density at radius 1 is 1.50 bits per heavy atom. The van der Waals surface area contributed by atoms with Crippen molar-refractivity contribution >= 4 is 16.9 Å². The van der Waals surface area contributed by atoms with E-state index in [4.69, 9.17) is 5.73 Å². The molecule has 0 aliphatic carbocycles. The van der Waals surface area contributed by atoms with Gasteiger partial charge < -0.3 is 10.6 Å². The molecule has 0 bridgehead atoms. The van der Waals surface area contributed by atoms with Crippen molar-refractivity contribution in [1.29, 1.82) is 0 Å². The summed E-state index contributed by atoms with van der Waals surface area (Å²) in [6.07, 6.45) is 2.87. The highest BCUT2D eigenvalue weighted by atomic mass is 16.6. The van der Waals surface area contributed by atoms with Crippen LogP contribution in [0.5, 0.6) is 0 Å². The van der Waals surface area contributed by atoms with Crippen LogP contribution < -0.4 is 5.73 Å². The number of rotatable bonds is 6. The quantitative estimate of drug-likeness (QED) is 0.375. The molecule has 0 unspecified atom stereocenters. The summed E-state index contributed by atoms with van der Waals surface area (Å²) < 4.78 is 0. The maximum absolute atomic E-state index is 10.9. The Labute approximate surface area is 119 Å². The second-order valence-corrected chi connectivity index (χ2v) is 4.85. The summed E-state index contributed by atoms with van der Waals surface area (Å²) in [5, 5.41) is 10.9. The number of likely N-dealkylation sites (N-methyl/N-ethyl adjacent to an activating group) is 1. The summed E-state index contributed by atoms with van der Waals surface area (Å²) in [4.78, 5) is 12.5. The summed E-state index contributed by atoms with van der Waals surface area (Å²) in [5.74, 6) is 0. The molecule has 1 aromatic carbocycles. The Balaban J connectivity index is 3.15. The van der Waals surface area contributed by atoms with Crippen molar-refractivity contribution in [3.8, 4) is 0 Å². The third-order valence-electron chi connectivity index (χ3n) is 3.04. The number of nitro benzene ring substituents is 1. The Morgan fingerprint density at radius 3 is 2.65 bits per heavy atom. The first-order chi connectivity index (χ1) is 9.36. The van der Waals surface area contributed by atoms with E-state index in [9.17, 15) is 10.1 Å². The van der Waals surface area contributed by atoms with Gasteiger partial charge in [-0.05, 0) is 37.7 Å². The highest BCUT2D eigenvalue weighted by molar-refractivity contribution is 5.84. The lowest BCUT2D eigenvalue weighted by molar-refractivity contribution is -0.384. The summed E-state index contributed by atoms with van der Waals surface area (Å²) in [6, 6.07) is 4.44. The Morgan fingerprint density at radius 2 is 2.15 bits per heavy atom. The molecule has 0 amide bonds. The minimum atomic E-state index is -0.425. The number of anilines is 1. The maximum Gasteiger partial charge on any atom is 0.270 e. The number of nitro groups is 1. The molecule has 0 atom stereocenters. The van der Waals surface area contributed by atoms with Crippen LogP contribution in [-0.2, 0) is 0 Å². The van der Waals surface area contributed by atoms with Crippen LogP contribution in [0, 0.1) is 10.1 Å². The van der Waals surface area contributed by atoms with E-state index >= 15 is 0 Å². The average molecular weight is 275 g/mol. The molecule has 2 N–H and O–H groups in total. The molecular weight excluding hydrogens is 254 g/mol. The van der Waals surface area contributed by atoms with Gasteiger partial charge in [-0.1, -0.05) is 19.6 Å². The highest BCUT2D eigenvalue weighted by Gasteiger charge is 2.13. The van der Waals surface area contributed by atoms with Gasteiger partial charge in [-0.15, -0.1) is 0 Å². The van der Waals surface area contributed by atoms with Crippen LogP contribution in [0.2, 0.25) is 0 Å². The minimum absolute atomic E-state index is 0.0263. The lowest BCUT2D eigenvalue weighted by Crippen LogP contribution is -2.11. The first-order valence-electron chi connectivity index (χ1n) is 6.44. The molecule has 0 spiro atoms. The van der Waals surface area contributed by atoms with Gasteiger partial charge in [0.05, 0.1) is 4.92 Å². The Kier molecular flexibility index (Phi) is 5.46. The fourth-order valence-corrected chi connectivity index (χ4v) is 1.87. The predicted octanol–water partition coefficient (Wildman–Crippen LogP) is 3.09. The summed E-state index contributed by atoms with van der Waals surface area (Å²) >= 11 is 0. The number of nitrogen functional groups attached to an aromatic ring is 1. The average Bonchev–Trinajstić information content (AvgIpc) is 2.39. The third-order valence-corrected chi connectivity index (χ3v) is 3.04. The summed E-state index contributed by atoms with van der Waals surface area (Å²) in [5.41, 5.74) is 8.87. The zero-order valence-corrected chi connectivity index (χ0v) is 12.2. The van der Waals surface area contributed by atoms with Crippen molar-refractivity contribution in [1.82, 2.24) is 4.90 Å². The topological polar surface area (TPSA) is 72.4 Å². The van der Waals surface area contributed by atoms with Crippen molar-refractivity contribution in [2.45, 2.75) is 13.3 Å². The molecule has 0 aliphatic heterocycles. The molecule has 1 aromatic rings. The molecule has 0 aromatic heterocycles. The Hall–Kier alpha value is -2.14. The first-order valence-corrected chi connectivity index (χ1v) is 6.44. The van der Waals surface area contributed by atoms with Gasteiger partial charge in [0, 0.05) is 29.9 Å². The van der Waals surface area contributed by atoms with Crippen molar-refractivity contribution in [3.05, 3.63) is 52.1 Å². The van der Waals surface area contributed by atoms with E-state index in [1.165, 1.54) is 12.1 Å². The van der Waals surface area contributed by atoms with Gasteiger partial charge in [-0.2, -0.15) is 0 Å². The summed E-state index contributed by atoms with van der Waals surface area (Å²) in [6.45, 7) is 6.86. The van der Waals surface area contributed by atoms with Crippen LogP contribution in [0.25, 0.3) is 5.57 Å². The fourth-order valence-electron chi connectivity index (χ4n) is 1.87. The molecule has 0 heterocycles. The van der Waals surface area contributed by atoms with Crippen LogP contribution >= 0.6 is 0 Å². The molecule has 5 nitrogen and oxygen atoms in total. The summed E-state index contributed by atoms with van der Waals surface area (Å²) in [7, 11) is 3.96. The highest BCUT2D eigenvalue weighted by Crippen LogP contribution is 2.30. The lowest BCUT2D eigenvalue weighted by atomic mass is 9.95. The maximum atomic E-state index is 10.9. The number of hydrogen-bond acceptors (Lipinski definition) is 4. The van der Waals surface area contributed by atoms with Crippen LogP contribution in [0.1, 0.15) is 18.9 Å². The number of benzene rings is 1. The van der Waals surface area contributed by atoms with E-state index in [2.05, 4.69) is 12.7 Å². The molecular formula is C15H21N3O2. The SMILES string of the molecule is C=C(/C(=C/CN(C)C)CC)c1cc([N+](=O)[O-])ccc1N. The predicted molar refractivity (Wildman–Crippen MR) is 83.5 cm³/mol. The van der Waals surface area contributed by atoms with Crippen molar-refractivity contribution < 1.29 is 4.92 Å². The molecule has 0 aliphatic rings. The first kappa shape index (κ1) is 15.9. The van der Waals surface area contributed by atoms with Crippen molar-refractivity contribution in [3.63, 3.8) is 0 Å². The van der Waals surface area contributed by atoms with Gasteiger partial charge in [0.25, 0.3) is 5.69 Å². The van der Waals surface area contributed by atoms with Gasteiger partial charge in [-0.3, -0.25) is 10.1 Å². The molecule has 20 heavy (non-hydrogen) atoms. The zero-order valence-electron chi connectivity index (χ0n) is 12.2. The standard InChI is InChI=1S/C15H21N3O2/c1-5-12(8-9-17(3)4)11(2)14-10-13(18(19)20)6-7-15(14)16/h6-8,10H,2,5,9,16H2,1,3-4H3/b12-8+. The molecule has 1 rings (SSSR count). The van der Waals surface area contributed by atoms with E-state index in [1.807, 2.05) is 25.9 Å². The normalized spacial score (nSPS) is 11.7. The zero-order chi connectivity index (χ0) is 15.3. The molecule has 0 fully saturated rings. The Bertz CT molecular complexity index is 548. The minimum Gasteiger partial charge on any atom is -0.398 e. The van der Waals surface area contributed by atoms with Crippen molar-refractivity contribution in [2.24, 2.45) is 0 Å². The van der Waals surface area contributed by atoms with Crippen LogP contribution in [-0.4, -0.2) is 30.5 Å². The van der Waals surface area contributed by atoms with Crippen LogP contribution in [0.4, 0.5) is 11.4 Å². The lowest BCUT2D eigenvalue weighted by Gasteiger charge is -2.13.